The quantitative estimate of drug-likeness (QED) is 0.859. The van der Waals surface area contributed by atoms with Crippen molar-refractivity contribution in [2.45, 2.75) is 32.7 Å². The van der Waals surface area contributed by atoms with Crippen LogP contribution in [0.25, 0.3) is 11.0 Å². The summed E-state index contributed by atoms with van der Waals surface area (Å²) >= 11 is 0. The van der Waals surface area contributed by atoms with Crippen LogP contribution in [0.3, 0.4) is 0 Å². The lowest BCUT2D eigenvalue weighted by Gasteiger charge is -2.11. The van der Waals surface area contributed by atoms with Crippen LogP contribution in [0.1, 0.15) is 25.6 Å². The number of nitrogens with zero attached hydrogens (tertiary/aromatic N) is 2. The molecule has 0 bridgehead atoms. The Labute approximate surface area is 113 Å². The van der Waals surface area contributed by atoms with Crippen molar-refractivity contribution in [3.8, 4) is 0 Å². The van der Waals surface area contributed by atoms with Gasteiger partial charge in [0.2, 0.25) is 0 Å². The zero-order chi connectivity index (χ0) is 13.2. The van der Waals surface area contributed by atoms with Gasteiger partial charge in [0.05, 0.1) is 11.0 Å². The summed E-state index contributed by atoms with van der Waals surface area (Å²) in [5.74, 6) is 1.86. The van der Waals surface area contributed by atoms with Gasteiger partial charge in [-0.1, -0.05) is 6.92 Å². The van der Waals surface area contributed by atoms with Crippen molar-refractivity contribution in [1.82, 2.24) is 9.55 Å². The van der Waals surface area contributed by atoms with E-state index in [4.69, 9.17) is 10.5 Å². The molecule has 1 aromatic carbocycles. The van der Waals surface area contributed by atoms with Crippen molar-refractivity contribution < 1.29 is 4.74 Å². The monoisotopic (exact) mass is 259 g/mol. The Balaban J connectivity index is 1.87. The highest BCUT2D eigenvalue weighted by atomic mass is 16.5. The third-order valence-corrected chi connectivity index (χ3v) is 3.95. The van der Waals surface area contributed by atoms with Gasteiger partial charge in [-0.25, -0.2) is 4.98 Å². The van der Waals surface area contributed by atoms with Crippen molar-refractivity contribution in [2.75, 3.05) is 18.9 Å². The average molecular weight is 259 g/mol. The molecule has 0 spiro atoms. The van der Waals surface area contributed by atoms with Gasteiger partial charge >= 0.3 is 0 Å². The van der Waals surface area contributed by atoms with Gasteiger partial charge in [-0.2, -0.15) is 0 Å². The van der Waals surface area contributed by atoms with Gasteiger partial charge < -0.3 is 15.0 Å². The maximum absolute atomic E-state index is 5.83. The van der Waals surface area contributed by atoms with Crippen LogP contribution in [-0.4, -0.2) is 22.8 Å². The van der Waals surface area contributed by atoms with Gasteiger partial charge in [0.15, 0.2) is 0 Å². The Kier molecular flexibility index (Phi) is 3.42. The number of aromatic nitrogens is 2. The second kappa shape index (κ2) is 5.21. The van der Waals surface area contributed by atoms with E-state index in [0.29, 0.717) is 5.92 Å². The van der Waals surface area contributed by atoms with Crippen molar-refractivity contribution in [1.29, 1.82) is 0 Å². The lowest BCUT2D eigenvalue weighted by Crippen LogP contribution is -2.08. The van der Waals surface area contributed by atoms with Gasteiger partial charge in [0.1, 0.15) is 5.82 Å². The number of hydrogen-bond donors (Lipinski definition) is 1. The lowest BCUT2D eigenvalue weighted by atomic mass is 10.1. The Morgan fingerprint density at radius 3 is 3.11 bits per heavy atom. The zero-order valence-corrected chi connectivity index (χ0v) is 11.4. The van der Waals surface area contributed by atoms with Crippen LogP contribution < -0.4 is 5.73 Å². The van der Waals surface area contributed by atoms with Crippen LogP contribution in [0.4, 0.5) is 5.69 Å². The molecule has 0 radical (unpaired) electrons. The van der Waals surface area contributed by atoms with E-state index in [-0.39, 0.29) is 0 Å². The highest BCUT2D eigenvalue weighted by molar-refractivity contribution is 5.79. The highest BCUT2D eigenvalue weighted by Crippen LogP contribution is 2.23. The maximum Gasteiger partial charge on any atom is 0.109 e. The molecule has 1 unspecified atom stereocenters. The standard InChI is InChI=1S/C15H21N3O/c1-2-15-17-13-9-12(16)3-4-14(13)18(15)7-5-11-6-8-19-10-11/h3-4,9,11H,2,5-8,10,16H2,1H3. The van der Waals surface area contributed by atoms with Crippen LogP contribution in [0.2, 0.25) is 0 Å². The summed E-state index contributed by atoms with van der Waals surface area (Å²) in [6, 6.07) is 6.00. The molecule has 19 heavy (non-hydrogen) atoms. The average Bonchev–Trinajstić information content (AvgIpc) is 3.02. The molecule has 1 atom stereocenters. The van der Waals surface area contributed by atoms with Gasteiger partial charge in [0.25, 0.3) is 0 Å². The van der Waals surface area contributed by atoms with E-state index in [1.807, 2.05) is 12.1 Å². The number of aryl methyl sites for hydroxylation is 2. The maximum atomic E-state index is 5.83. The summed E-state index contributed by atoms with van der Waals surface area (Å²) in [4.78, 5) is 4.69. The molecule has 1 aliphatic rings. The highest BCUT2D eigenvalue weighted by Gasteiger charge is 2.17. The lowest BCUT2D eigenvalue weighted by molar-refractivity contribution is 0.183. The van der Waals surface area contributed by atoms with Gasteiger partial charge in [-0.05, 0) is 37.0 Å². The number of fused-ring (bicyclic) bond motifs is 1. The number of nitrogens with two attached hydrogens (primary N) is 1. The number of nitrogen functional groups attached to an aromatic ring is 1. The van der Waals surface area contributed by atoms with Crippen LogP contribution in [0.15, 0.2) is 18.2 Å². The molecule has 1 aliphatic heterocycles. The summed E-state index contributed by atoms with van der Waals surface area (Å²) in [7, 11) is 0. The second-order valence-electron chi connectivity index (χ2n) is 5.30. The topological polar surface area (TPSA) is 53.1 Å². The molecule has 4 heteroatoms. The van der Waals surface area contributed by atoms with E-state index in [2.05, 4.69) is 22.5 Å². The predicted molar refractivity (Wildman–Crippen MR) is 77.1 cm³/mol. The van der Waals surface area contributed by atoms with Gasteiger partial charge in [0, 0.05) is 31.9 Å². The van der Waals surface area contributed by atoms with E-state index in [9.17, 15) is 0 Å². The van der Waals surface area contributed by atoms with Gasteiger partial charge in [-0.3, -0.25) is 0 Å². The minimum Gasteiger partial charge on any atom is -0.399 e. The number of anilines is 1. The molecule has 2 heterocycles. The number of benzene rings is 1. The van der Waals surface area contributed by atoms with E-state index in [0.717, 1.165) is 43.2 Å². The zero-order valence-electron chi connectivity index (χ0n) is 11.4. The Morgan fingerprint density at radius 2 is 2.37 bits per heavy atom. The first-order chi connectivity index (χ1) is 9.28. The van der Waals surface area contributed by atoms with Crippen molar-refractivity contribution in [3.63, 3.8) is 0 Å². The fourth-order valence-corrected chi connectivity index (χ4v) is 2.84. The third kappa shape index (κ3) is 2.45. The van der Waals surface area contributed by atoms with Crippen molar-refractivity contribution >= 4 is 16.7 Å². The molecule has 0 saturated carbocycles. The van der Waals surface area contributed by atoms with Crippen LogP contribution in [-0.2, 0) is 17.7 Å². The minimum atomic E-state index is 0.705. The summed E-state index contributed by atoms with van der Waals surface area (Å²) in [6.07, 6.45) is 3.32. The largest absolute Gasteiger partial charge is 0.399 e. The molecular weight excluding hydrogens is 238 g/mol. The molecule has 2 N–H and O–H groups in total. The number of hydrogen-bond acceptors (Lipinski definition) is 3. The molecule has 1 saturated heterocycles. The molecule has 3 rings (SSSR count). The molecular formula is C15H21N3O. The summed E-state index contributed by atoms with van der Waals surface area (Å²) in [5, 5.41) is 0. The fourth-order valence-electron chi connectivity index (χ4n) is 2.84. The number of imidazole rings is 1. The predicted octanol–water partition coefficient (Wildman–Crippen LogP) is 2.61. The first kappa shape index (κ1) is 12.5. The van der Waals surface area contributed by atoms with Crippen molar-refractivity contribution in [3.05, 3.63) is 24.0 Å². The molecule has 0 aliphatic carbocycles. The molecule has 2 aromatic rings. The van der Waals surface area contributed by atoms with Crippen LogP contribution in [0, 0.1) is 5.92 Å². The first-order valence-electron chi connectivity index (χ1n) is 7.10. The number of ether oxygens (including phenoxy) is 1. The normalized spacial score (nSPS) is 19.3. The summed E-state index contributed by atoms with van der Waals surface area (Å²) in [6.45, 7) is 5.02. The van der Waals surface area contributed by atoms with E-state index < -0.39 is 0 Å². The molecule has 4 nitrogen and oxygen atoms in total. The Hall–Kier alpha value is -1.55. The Morgan fingerprint density at radius 1 is 1.47 bits per heavy atom. The SMILES string of the molecule is CCc1nc2cc(N)ccc2n1CCC1CCOC1. The summed E-state index contributed by atoms with van der Waals surface area (Å²) in [5.41, 5.74) is 8.83. The second-order valence-corrected chi connectivity index (χ2v) is 5.30. The molecule has 1 fully saturated rings. The molecule has 1 aromatic heterocycles. The van der Waals surface area contributed by atoms with Gasteiger partial charge in [-0.15, -0.1) is 0 Å². The fraction of sp³-hybridized carbons (Fsp3) is 0.533. The van der Waals surface area contributed by atoms with Crippen LogP contribution in [0.5, 0.6) is 0 Å². The minimum absolute atomic E-state index is 0.705. The Bertz CT molecular complexity index is 570. The van der Waals surface area contributed by atoms with E-state index >= 15 is 0 Å². The summed E-state index contributed by atoms with van der Waals surface area (Å²) < 4.78 is 7.79. The van der Waals surface area contributed by atoms with E-state index in [1.54, 1.807) is 0 Å². The number of rotatable bonds is 4. The smallest absolute Gasteiger partial charge is 0.109 e. The molecule has 102 valence electrons. The third-order valence-electron chi connectivity index (χ3n) is 3.95. The molecule has 0 amide bonds. The van der Waals surface area contributed by atoms with Crippen LogP contribution >= 0.6 is 0 Å². The van der Waals surface area contributed by atoms with E-state index in [1.165, 1.54) is 18.4 Å². The first-order valence-corrected chi connectivity index (χ1v) is 7.10. The van der Waals surface area contributed by atoms with Crippen molar-refractivity contribution in [2.24, 2.45) is 5.92 Å².